The molecule has 6 rings (SSSR count). The second-order valence-electron chi connectivity index (χ2n) is 9.69. The summed E-state index contributed by atoms with van der Waals surface area (Å²) in [5.41, 5.74) is 4.89. The van der Waals surface area contributed by atoms with Crippen LogP contribution >= 0.6 is 11.8 Å². The summed E-state index contributed by atoms with van der Waals surface area (Å²) in [6.07, 6.45) is 6.34. The Morgan fingerprint density at radius 2 is 1.76 bits per heavy atom. The number of halogens is 1. The van der Waals surface area contributed by atoms with Gasteiger partial charge in [-0.1, -0.05) is 61.4 Å². The number of thioether (sulfide) groups is 1. The fourth-order valence-corrected chi connectivity index (χ4v) is 6.50. The molecule has 1 aromatic heterocycles. The maximum absolute atomic E-state index is 13.9. The molecule has 1 aliphatic carbocycles. The quantitative estimate of drug-likeness (QED) is 0.259. The third kappa shape index (κ3) is 4.62. The highest BCUT2D eigenvalue weighted by Gasteiger charge is 2.39. The Kier molecular flexibility index (Phi) is 6.43. The second-order valence-corrected chi connectivity index (χ2v) is 10.7. The Hall–Kier alpha value is -3.64. The highest BCUT2D eigenvalue weighted by atomic mass is 32.2. The molecule has 3 aromatic carbocycles. The summed E-state index contributed by atoms with van der Waals surface area (Å²) in [7, 11) is 0. The van der Waals surface area contributed by atoms with E-state index < -0.39 is 0 Å². The molecule has 1 saturated heterocycles. The molecule has 186 valence electrons. The van der Waals surface area contributed by atoms with E-state index in [9.17, 15) is 9.18 Å². The van der Waals surface area contributed by atoms with Crippen LogP contribution in [0.3, 0.4) is 0 Å². The summed E-state index contributed by atoms with van der Waals surface area (Å²) in [4.78, 5) is 21.3. The van der Waals surface area contributed by atoms with Crippen LogP contribution in [-0.2, 0) is 11.3 Å². The largest absolute Gasteiger partial charge is 0.340 e. The molecule has 1 aliphatic heterocycles. The number of hydrogen-bond acceptors (Lipinski definition) is 3. The normalized spacial score (nSPS) is 18.6. The van der Waals surface area contributed by atoms with Gasteiger partial charge in [0.1, 0.15) is 5.82 Å². The van der Waals surface area contributed by atoms with Gasteiger partial charge in [0.25, 0.3) is 5.91 Å². The molecule has 1 saturated carbocycles. The molecule has 6 heteroatoms. The van der Waals surface area contributed by atoms with Crippen molar-refractivity contribution in [1.29, 1.82) is 0 Å². The monoisotopic (exact) mass is 509 g/mol. The van der Waals surface area contributed by atoms with Crippen molar-refractivity contribution in [1.82, 2.24) is 9.47 Å². The van der Waals surface area contributed by atoms with Gasteiger partial charge in [-0.3, -0.25) is 9.69 Å². The van der Waals surface area contributed by atoms with E-state index >= 15 is 0 Å². The van der Waals surface area contributed by atoms with Crippen LogP contribution < -0.4 is 0 Å². The van der Waals surface area contributed by atoms with Gasteiger partial charge in [0.15, 0.2) is 5.17 Å². The summed E-state index contributed by atoms with van der Waals surface area (Å²) in [5.74, 6) is -0.202. The predicted molar refractivity (Wildman–Crippen MR) is 150 cm³/mol. The highest BCUT2D eigenvalue weighted by molar-refractivity contribution is 8.18. The first-order chi connectivity index (χ1) is 18.1. The molecule has 0 N–H and O–H groups in total. The molecule has 0 spiro atoms. The van der Waals surface area contributed by atoms with Crippen molar-refractivity contribution in [3.63, 3.8) is 0 Å². The second kappa shape index (κ2) is 10.0. The van der Waals surface area contributed by atoms with Crippen molar-refractivity contribution in [3.05, 3.63) is 106 Å². The number of amides is 1. The average Bonchev–Trinajstić information content (AvgIpc) is 3.60. The van der Waals surface area contributed by atoms with Crippen molar-refractivity contribution >= 4 is 45.5 Å². The van der Waals surface area contributed by atoms with Crippen LogP contribution in [0.5, 0.6) is 0 Å². The number of nitrogens with zero attached hydrogens (tertiary/aromatic N) is 3. The van der Waals surface area contributed by atoms with Crippen LogP contribution in [0, 0.1) is 12.7 Å². The number of aromatic nitrogens is 1. The number of fused-ring (bicyclic) bond motifs is 1. The Labute approximate surface area is 220 Å². The first kappa shape index (κ1) is 23.7. The van der Waals surface area contributed by atoms with E-state index in [4.69, 9.17) is 4.99 Å². The van der Waals surface area contributed by atoms with Crippen molar-refractivity contribution in [2.24, 2.45) is 4.99 Å². The Morgan fingerprint density at radius 1 is 1.00 bits per heavy atom. The molecular formula is C31H28FN3OS. The maximum Gasteiger partial charge on any atom is 0.267 e. The van der Waals surface area contributed by atoms with Gasteiger partial charge in [-0.15, -0.1) is 0 Å². The molecule has 0 atom stereocenters. The number of carbonyl (C=O) groups is 1. The fourth-order valence-electron chi connectivity index (χ4n) is 5.45. The third-order valence-electron chi connectivity index (χ3n) is 7.29. The van der Waals surface area contributed by atoms with Crippen LogP contribution in [0.15, 0.2) is 88.8 Å². The number of para-hydroxylation sites is 2. The molecule has 1 amide bonds. The highest BCUT2D eigenvalue weighted by Crippen LogP contribution is 2.40. The van der Waals surface area contributed by atoms with E-state index in [1.54, 1.807) is 12.1 Å². The summed E-state index contributed by atoms with van der Waals surface area (Å²) < 4.78 is 16.1. The molecule has 4 nitrogen and oxygen atoms in total. The summed E-state index contributed by atoms with van der Waals surface area (Å²) >= 11 is 1.46. The number of amidine groups is 1. The molecule has 2 fully saturated rings. The molecular weight excluding hydrogens is 481 g/mol. The zero-order valence-corrected chi connectivity index (χ0v) is 21.5. The lowest BCUT2D eigenvalue weighted by atomic mass is 10.1. The van der Waals surface area contributed by atoms with E-state index in [1.807, 2.05) is 59.5 Å². The summed E-state index contributed by atoms with van der Waals surface area (Å²) in [5, 5.41) is 1.84. The van der Waals surface area contributed by atoms with E-state index in [-0.39, 0.29) is 17.8 Å². The Bertz CT molecular complexity index is 1530. The summed E-state index contributed by atoms with van der Waals surface area (Å²) in [6, 6.07) is 25.0. The Morgan fingerprint density at radius 3 is 2.54 bits per heavy atom. The minimum atomic E-state index is -0.237. The zero-order chi connectivity index (χ0) is 25.4. The van der Waals surface area contributed by atoms with Crippen molar-refractivity contribution < 1.29 is 9.18 Å². The minimum absolute atomic E-state index is 0.0351. The number of hydrogen-bond donors (Lipinski definition) is 0. The minimum Gasteiger partial charge on any atom is -0.340 e. The van der Waals surface area contributed by atoms with Crippen LogP contribution in [-0.4, -0.2) is 26.6 Å². The molecule has 4 aromatic rings. The number of rotatable bonds is 5. The topological polar surface area (TPSA) is 37.6 Å². The van der Waals surface area contributed by atoms with Crippen molar-refractivity contribution in [3.8, 4) is 0 Å². The lowest BCUT2D eigenvalue weighted by molar-refractivity contribution is -0.123. The van der Waals surface area contributed by atoms with E-state index in [0.29, 0.717) is 11.4 Å². The molecule has 0 bridgehead atoms. The predicted octanol–water partition coefficient (Wildman–Crippen LogP) is 7.68. The first-order valence-electron chi connectivity index (χ1n) is 12.8. The van der Waals surface area contributed by atoms with Crippen LogP contribution in [0.4, 0.5) is 10.1 Å². The standard InChI is InChI=1S/C31H28FN3OS/c1-21-27(26-16-7-8-17-28(26)34(21)20-22-10-9-11-23(32)18-22)19-29-30(36)35(25-14-5-6-15-25)31(37-29)33-24-12-3-2-4-13-24/h2-4,7-13,16-19,25H,5-6,14-15,20H2,1H3. The van der Waals surface area contributed by atoms with E-state index in [0.717, 1.165) is 64.3 Å². The molecule has 0 unspecified atom stereocenters. The number of carbonyl (C=O) groups excluding carboxylic acids is 1. The lowest BCUT2D eigenvalue weighted by Crippen LogP contribution is -2.37. The van der Waals surface area contributed by atoms with Gasteiger partial charge in [-0.05, 0) is 73.5 Å². The molecule has 37 heavy (non-hydrogen) atoms. The van der Waals surface area contributed by atoms with Gasteiger partial charge in [0.05, 0.1) is 10.6 Å². The van der Waals surface area contributed by atoms with Gasteiger partial charge >= 0.3 is 0 Å². The van der Waals surface area contributed by atoms with Gasteiger partial charge < -0.3 is 4.57 Å². The lowest BCUT2D eigenvalue weighted by Gasteiger charge is -2.22. The van der Waals surface area contributed by atoms with E-state index in [2.05, 4.69) is 23.6 Å². The van der Waals surface area contributed by atoms with Gasteiger partial charge in [0.2, 0.25) is 0 Å². The van der Waals surface area contributed by atoms with Crippen molar-refractivity contribution in [2.75, 3.05) is 0 Å². The van der Waals surface area contributed by atoms with Crippen LogP contribution in [0.2, 0.25) is 0 Å². The third-order valence-corrected chi connectivity index (χ3v) is 8.28. The maximum atomic E-state index is 13.9. The van der Waals surface area contributed by atoms with Gasteiger partial charge in [-0.25, -0.2) is 9.38 Å². The van der Waals surface area contributed by atoms with Crippen LogP contribution in [0.1, 0.15) is 42.5 Å². The fraction of sp³-hybridized carbons (Fsp3) is 0.226. The van der Waals surface area contributed by atoms with Gasteiger partial charge in [0, 0.05) is 34.7 Å². The zero-order valence-electron chi connectivity index (χ0n) is 20.7. The average molecular weight is 510 g/mol. The summed E-state index contributed by atoms with van der Waals surface area (Å²) in [6.45, 7) is 2.63. The van der Waals surface area contributed by atoms with Crippen LogP contribution in [0.25, 0.3) is 17.0 Å². The molecule has 0 radical (unpaired) electrons. The van der Waals surface area contributed by atoms with Crippen molar-refractivity contribution in [2.45, 2.75) is 45.2 Å². The smallest absolute Gasteiger partial charge is 0.267 e. The number of aliphatic imine (C=N–C) groups is 1. The number of benzene rings is 3. The molecule has 2 aliphatic rings. The van der Waals surface area contributed by atoms with Gasteiger partial charge in [-0.2, -0.15) is 0 Å². The SMILES string of the molecule is Cc1c(C=C2SC(=Nc3ccccc3)N(C3CCCC3)C2=O)c2ccccc2n1Cc1cccc(F)c1. The van der Waals surface area contributed by atoms with E-state index in [1.165, 1.54) is 17.8 Å². The Balaban J connectivity index is 1.42. The first-order valence-corrected chi connectivity index (χ1v) is 13.6. The molecule has 2 heterocycles.